The molecule has 4 rings (SSSR count). The number of methoxy groups -OCH3 is 1. The molecule has 0 radical (unpaired) electrons. The first-order valence-electron chi connectivity index (χ1n) is 10.0. The number of imidazole rings is 1. The summed E-state index contributed by atoms with van der Waals surface area (Å²) in [5.74, 6) is 2.25. The van der Waals surface area contributed by atoms with Gasteiger partial charge in [-0.25, -0.2) is 15.0 Å². The molecule has 30 heavy (non-hydrogen) atoms. The number of thioether (sulfide) groups is 1. The lowest BCUT2D eigenvalue weighted by Crippen LogP contribution is -2.03. The molecule has 0 amide bonds. The Hall–Kier alpha value is -3.06. The summed E-state index contributed by atoms with van der Waals surface area (Å²) in [4.78, 5) is 13.6. The largest absolute Gasteiger partial charge is 0.497 e. The number of hydrogen-bond donors (Lipinski definition) is 1. The van der Waals surface area contributed by atoms with Crippen molar-refractivity contribution < 1.29 is 4.74 Å². The first-order valence-corrected chi connectivity index (χ1v) is 11.0. The Balaban J connectivity index is 1.40. The zero-order valence-electron chi connectivity index (χ0n) is 17.0. The van der Waals surface area contributed by atoms with E-state index in [4.69, 9.17) is 15.5 Å². The number of nitrogen functional groups attached to an aromatic ring is 1. The molecule has 0 bridgehead atoms. The van der Waals surface area contributed by atoms with Crippen LogP contribution in [0.2, 0.25) is 0 Å². The van der Waals surface area contributed by atoms with Crippen LogP contribution in [0.15, 0.2) is 66.1 Å². The fraction of sp³-hybridized carbons (Fsp3) is 0.261. The van der Waals surface area contributed by atoms with Gasteiger partial charge in [0.05, 0.1) is 13.4 Å². The minimum atomic E-state index is 0.439. The number of hydrogen-bond acceptors (Lipinski definition) is 6. The Bertz CT molecular complexity index is 1100. The maximum atomic E-state index is 6.15. The van der Waals surface area contributed by atoms with Gasteiger partial charge in [-0.15, -0.1) is 0 Å². The number of rotatable bonds is 9. The van der Waals surface area contributed by atoms with E-state index in [1.807, 2.05) is 22.8 Å². The van der Waals surface area contributed by atoms with Gasteiger partial charge in [-0.1, -0.05) is 54.2 Å². The van der Waals surface area contributed by atoms with Crippen LogP contribution >= 0.6 is 11.8 Å². The molecular weight excluding hydrogens is 394 g/mol. The van der Waals surface area contributed by atoms with Gasteiger partial charge in [-0.05, 0) is 42.5 Å². The van der Waals surface area contributed by atoms with E-state index in [-0.39, 0.29) is 0 Å². The monoisotopic (exact) mass is 419 g/mol. The normalized spacial score (nSPS) is 11.1. The zero-order chi connectivity index (χ0) is 20.8. The zero-order valence-corrected chi connectivity index (χ0v) is 17.8. The Kier molecular flexibility index (Phi) is 6.49. The third-order valence-corrected chi connectivity index (χ3v) is 5.89. The van der Waals surface area contributed by atoms with Crippen LogP contribution in [-0.2, 0) is 19.4 Å². The second-order valence-electron chi connectivity index (χ2n) is 7.04. The summed E-state index contributed by atoms with van der Waals surface area (Å²) in [6.45, 7) is 0.775. The van der Waals surface area contributed by atoms with Crippen LogP contribution in [0, 0.1) is 0 Å². The Labute approximate surface area is 180 Å². The number of ether oxygens (including phenoxy) is 1. The van der Waals surface area contributed by atoms with E-state index in [1.165, 1.54) is 11.1 Å². The highest BCUT2D eigenvalue weighted by atomic mass is 32.2. The second kappa shape index (κ2) is 9.63. The lowest BCUT2D eigenvalue weighted by molar-refractivity contribution is 0.414. The number of anilines is 1. The summed E-state index contributed by atoms with van der Waals surface area (Å²) in [7, 11) is 1.67. The molecule has 0 unspecified atom stereocenters. The van der Waals surface area contributed by atoms with E-state index < -0.39 is 0 Å². The van der Waals surface area contributed by atoms with Crippen molar-refractivity contribution in [2.75, 3.05) is 18.6 Å². The summed E-state index contributed by atoms with van der Waals surface area (Å²) in [6, 6.07) is 18.6. The Morgan fingerprint density at radius 1 is 0.967 bits per heavy atom. The molecule has 0 atom stereocenters. The molecule has 0 saturated heterocycles. The highest BCUT2D eigenvalue weighted by molar-refractivity contribution is 7.99. The van der Waals surface area contributed by atoms with Crippen molar-refractivity contribution in [2.24, 2.45) is 0 Å². The van der Waals surface area contributed by atoms with Gasteiger partial charge in [0, 0.05) is 12.3 Å². The van der Waals surface area contributed by atoms with Crippen molar-refractivity contribution >= 4 is 28.7 Å². The molecule has 2 N–H and O–H groups in total. The first kappa shape index (κ1) is 20.2. The van der Waals surface area contributed by atoms with Crippen molar-refractivity contribution in [3.63, 3.8) is 0 Å². The van der Waals surface area contributed by atoms with Crippen molar-refractivity contribution in [3.05, 3.63) is 72.1 Å². The molecule has 2 heterocycles. The fourth-order valence-electron chi connectivity index (χ4n) is 3.30. The molecule has 0 fully saturated rings. The quantitative estimate of drug-likeness (QED) is 0.246. The average Bonchev–Trinajstić information content (AvgIpc) is 3.20. The van der Waals surface area contributed by atoms with E-state index in [1.54, 1.807) is 25.2 Å². The van der Waals surface area contributed by atoms with Crippen molar-refractivity contribution in [3.8, 4) is 5.75 Å². The summed E-state index contributed by atoms with van der Waals surface area (Å²) in [6.07, 6.45) is 4.78. The molecule has 4 aromatic rings. The predicted octanol–water partition coefficient (Wildman–Crippen LogP) is 4.38. The summed E-state index contributed by atoms with van der Waals surface area (Å²) in [5, 5.41) is 0.708. The van der Waals surface area contributed by atoms with Crippen LogP contribution < -0.4 is 10.5 Å². The number of aryl methyl sites for hydroxylation is 3. The summed E-state index contributed by atoms with van der Waals surface area (Å²) < 4.78 is 7.27. The number of fused-ring (bicyclic) bond motifs is 1. The second-order valence-corrected chi connectivity index (χ2v) is 8.10. The lowest BCUT2D eigenvalue weighted by atomic mass is 10.1. The molecule has 0 aliphatic carbocycles. The SMILES string of the molecule is COc1ccc(CCn2cnc3c(N)nc(SCCCc4ccccc4)nc32)cc1. The minimum Gasteiger partial charge on any atom is -0.497 e. The molecule has 0 saturated carbocycles. The van der Waals surface area contributed by atoms with Crippen LogP contribution in [0.25, 0.3) is 11.2 Å². The Morgan fingerprint density at radius 2 is 1.73 bits per heavy atom. The van der Waals surface area contributed by atoms with Crippen molar-refractivity contribution in [1.29, 1.82) is 0 Å². The summed E-state index contributed by atoms with van der Waals surface area (Å²) >= 11 is 1.64. The van der Waals surface area contributed by atoms with Crippen molar-refractivity contribution in [1.82, 2.24) is 19.5 Å². The van der Waals surface area contributed by atoms with Crippen LogP contribution in [-0.4, -0.2) is 32.4 Å². The van der Waals surface area contributed by atoms with Crippen LogP contribution in [0.4, 0.5) is 5.82 Å². The van der Waals surface area contributed by atoms with E-state index in [2.05, 4.69) is 46.4 Å². The van der Waals surface area contributed by atoms with Crippen LogP contribution in [0.1, 0.15) is 17.5 Å². The molecule has 2 aromatic heterocycles. The predicted molar refractivity (Wildman–Crippen MR) is 122 cm³/mol. The first-order chi connectivity index (χ1) is 14.7. The van der Waals surface area contributed by atoms with E-state index >= 15 is 0 Å². The van der Waals surface area contributed by atoms with Gasteiger partial charge in [0.2, 0.25) is 0 Å². The fourth-order valence-corrected chi connectivity index (χ4v) is 4.08. The Morgan fingerprint density at radius 3 is 2.50 bits per heavy atom. The third-order valence-electron chi connectivity index (χ3n) is 4.95. The third kappa shape index (κ3) is 4.91. The van der Waals surface area contributed by atoms with Gasteiger partial charge >= 0.3 is 0 Å². The molecule has 0 aliphatic rings. The van der Waals surface area contributed by atoms with Gasteiger partial charge < -0.3 is 15.0 Å². The van der Waals surface area contributed by atoms with Gasteiger partial charge in [-0.3, -0.25) is 0 Å². The molecule has 0 aliphatic heterocycles. The van der Waals surface area contributed by atoms with E-state index in [0.717, 1.165) is 43.0 Å². The number of nitrogens with zero attached hydrogens (tertiary/aromatic N) is 4. The highest BCUT2D eigenvalue weighted by Gasteiger charge is 2.12. The smallest absolute Gasteiger partial charge is 0.191 e. The van der Waals surface area contributed by atoms with E-state index in [0.29, 0.717) is 16.5 Å². The summed E-state index contributed by atoms with van der Waals surface area (Å²) in [5.41, 5.74) is 10.2. The van der Waals surface area contributed by atoms with Crippen LogP contribution in [0.5, 0.6) is 5.75 Å². The van der Waals surface area contributed by atoms with Gasteiger partial charge in [0.1, 0.15) is 11.3 Å². The average molecular weight is 420 g/mol. The number of benzene rings is 2. The maximum absolute atomic E-state index is 6.15. The van der Waals surface area contributed by atoms with Crippen LogP contribution in [0.3, 0.4) is 0 Å². The lowest BCUT2D eigenvalue weighted by Gasteiger charge is -2.07. The van der Waals surface area contributed by atoms with Crippen molar-refractivity contribution in [2.45, 2.75) is 31.0 Å². The van der Waals surface area contributed by atoms with E-state index in [9.17, 15) is 0 Å². The molecule has 154 valence electrons. The standard InChI is InChI=1S/C23H25N5OS/c1-29-19-11-9-18(10-12-19)13-14-28-16-25-20-21(24)26-23(27-22(20)28)30-15-5-8-17-6-3-2-4-7-17/h2-4,6-7,9-12,16H,5,8,13-15H2,1H3,(H2,24,26,27). The maximum Gasteiger partial charge on any atom is 0.191 e. The molecule has 0 spiro atoms. The molecular formula is C23H25N5OS. The minimum absolute atomic E-state index is 0.439. The topological polar surface area (TPSA) is 78.9 Å². The molecule has 7 heteroatoms. The van der Waals surface area contributed by atoms with Gasteiger partial charge in [0.15, 0.2) is 16.6 Å². The van der Waals surface area contributed by atoms with Gasteiger partial charge in [-0.2, -0.15) is 0 Å². The molecule has 6 nitrogen and oxygen atoms in total. The highest BCUT2D eigenvalue weighted by Crippen LogP contribution is 2.23. The number of nitrogens with two attached hydrogens (primary N) is 1. The van der Waals surface area contributed by atoms with Gasteiger partial charge in [0.25, 0.3) is 0 Å². The number of aromatic nitrogens is 4. The molecule has 2 aromatic carbocycles.